The number of carbonyl (C=O) groups is 2. The van der Waals surface area contributed by atoms with Crippen LogP contribution in [0.25, 0.3) is 10.8 Å². The summed E-state index contributed by atoms with van der Waals surface area (Å²) in [5.41, 5.74) is 0.971. The molecule has 2 heterocycles. The zero-order valence-electron chi connectivity index (χ0n) is 17.9. The molecule has 0 spiro atoms. The molecule has 164 valence electrons. The summed E-state index contributed by atoms with van der Waals surface area (Å²) in [5.74, 6) is 0.421. The summed E-state index contributed by atoms with van der Waals surface area (Å²) in [6, 6.07) is 16.8. The molecule has 2 aromatic heterocycles. The smallest absolute Gasteiger partial charge is 0.374 e. The third kappa shape index (κ3) is 4.97. The minimum Gasteiger partial charge on any atom is -0.497 e. The Morgan fingerprint density at radius 3 is 2.69 bits per heavy atom. The summed E-state index contributed by atoms with van der Waals surface area (Å²) < 4.78 is 17.6. The third-order valence-corrected chi connectivity index (χ3v) is 5.02. The van der Waals surface area contributed by atoms with Crippen LogP contribution >= 0.6 is 0 Å². The van der Waals surface area contributed by atoms with E-state index in [1.807, 2.05) is 36.4 Å². The number of methoxy groups -OCH3 is 1. The van der Waals surface area contributed by atoms with Crippen molar-refractivity contribution < 1.29 is 23.5 Å². The maximum atomic E-state index is 12.4. The van der Waals surface area contributed by atoms with Gasteiger partial charge in [0, 0.05) is 26.0 Å². The van der Waals surface area contributed by atoms with Crippen LogP contribution in [0.1, 0.15) is 21.9 Å². The molecule has 8 nitrogen and oxygen atoms in total. The SMILES string of the molecule is COc1ccc2cc(CN(C)C(=O)COC(=O)c3ccc(Cn4cccn4)o3)ccc2c1. The standard InChI is InChI=1S/C24H23N3O5/c1-26(14-17-4-5-19-13-20(30-2)7-6-18(19)12-17)23(28)16-31-24(29)22-9-8-21(32-22)15-27-11-3-10-25-27/h3-13H,14-16H2,1-2H3. The number of fused-ring (bicyclic) bond motifs is 1. The van der Waals surface area contributed by atoms with Gasteiger partial charge in [0.25, 0.3) is 5.91 Å². The first-order chi connectivity index (χ1) is 15.5. The van der Waals surface area contributed by atoms with Crippen molar-refractivity contribution in [2.24, 2.45) is 0 Å². The highest BCUT2D eigenvalue weighted by Gasteiger charge is 2.17. The lowest BCUT2D eigenvalue weighted by Gasteiger charge is -2.17. The van der Waals surface area contributed by atoms with Crippen molar-refractivity contribution in [2.45, 2.75) is 13.1 Å². The molecule has 8 heteroatoms. The molecule has 0 saturated heterocycles. The third-order valence-electron chi connectivity index (χ3n) is 5.02. The highest BCUT2D eigenvalue weighted by molar-refractivity contribution is 5.89. The molecule has 1 amide bonds. The number of esters is 1. The van der Waals surface area contributed by atoms with Gasteiger partial charge in [0.1, 0.15) is 11.5 Å². The molecule has 0 atom stereocenters. The van der Waals surface area contributed by atoms with Crippen LogP contribution in [0.15, 0.2) is 71.4 Å². The summed E-state index contributed by atoms with van der Waals surface area (Å²) in [4.78, 5) is 26.2. The number of ether oxygens (including phenoxy) is 2. The summed E-state index contributed by atoms with van der Waals surface area (Å²) in [5, 5.41) is 6.20. The summed E-state index contributed by atoms with van der Waals surface area (Å²) in [7, 11) is 3.30. The number of hydrogen-bond acceptors (Lipinski definition) is 6. The lowest BCUT2D eigenvalue weighted by molar-refractivity contribution is -0.133. The zero-order valence-corrected chi connectivity index (χ0v) is 17.9. The van der Waals surface area contributed by atoms with Crippen LogP contribution in [-0.4, -0.2) is 47.3 Å². The summed E-state index contributed by atoms with van der Waals surface area (Å²) in [6.07, 6.45) is 3.46. The van der Waals surface area contributed by atoms with E-state index in [4.69, 9.17) is 13.9 Å². The monoisotopic (exact) mass is 433 g/mol. The molecule has 4 rings (SSSR count). The van der Waals surface area contributed by atoms with Crippen LogP contribution in [0.2, 0.25) is 0 Å². The second-order valence-electron chi connectivity index (χ2n) is 7.34. The largest absolute Gasteiger partial charge is 0.497 e. The van der Waals surface area contributed by atoms with Crippen LogP contribution in [0, 0.1) is 0 Å². The van der Waals surface area contributed by atoms with Gasteiger partial charge in [-0.3, -0.25) is 9.48 Å². The number of amides is 1. The van der Waals surface area contributed by atoms with E-state index in [0.29, 0.717) is 18.8 Å². The average molecular weight is 433 g/mol. The van der Waals surface area contributed by atoms with Gasteiger partial charge in [0.2, 0.25) is 5.76 Å². The normalized spacial score (nSPS) is 10.8. The highest BCUT2D eigenvalue weighted by atomic mass is 16.5. The van der Waals surface area contributed by atoms with Gasteiger partial charge in [-0.1, -0.05) is 18.2 Å². The topological polar surface area (TPSA) is 86.8 Å². The Morgan fingerprint density at radius 1 is 1.09 bits per heavy atom. The molecule has 0 saturated carbocycles. The van der Waals surface area contributed by atoms with Crippen LogP contribution in [0.3, 0.4) is 0 Å². The van der Waals surface area contributed by atoms with E-state index in [-0.39, 0.29) is 18.3 Å². The van der Waals surface area contributed by atoms with Crippen molar-refractivity contribution in [2.75, 3.05) is 20.8 Å². The van der Waals surface area contributed by atoms with Gasteiger partial charge in [-0.15, -0.1) is 0 Å². The number of likely N-dealkylation sites (N-methyl/N-ethyl adjacent to an activating group) is 1. The minimum absolute atomic E-state index is 0.0487. The van der Waals surface area contributed by atoms with Crippen molar-refractivity contribution in [3.05, 3.63) is 84.1 Å². The molecule has 0 aliphatic rings. The lowest BCUT2D eigenvalue weighted by atomic mass is 10.1. The van der Waals surface area contributed by atoms with Gasteiger partial charge in [-0.05, 0) is 52.7 Å². The van der Waals surface area contributed by atoms with Gasteiger partial charge in [0.15, 0.2) is 6.61 Å². The second kappa shape index (κ2) is 9.38. The van der Waals surface area contributed by atoms with E-state index >= 15 is 0 Å². The number of furan rings is 1. The molecule has 0 aliphatic carbocycles. The molecule has 0 unspecified atom stereocenters. The Bertz CT molecular complexity index is 1230. The maximum absolute atomic E-state index is 12.4. The molecule has 32 heavy (non-hydrogen) atoms. The molecule has 4 aromatic rings. The first kappa shape index (κ1) is 21.2. The van der Waals surface area contributed by atoms with E-state index in [1.165, 1.54) is 11.0 Å². The predicted molar refractivity (Wildman–Crippen MR) is 117 cm³/mol. The van der Waals surface area contributed by atoms with Gasteiger partial charge in [-0.2, -0.15) is 5.10 Å². The van der Waals surface area contributed by atoms with Gasteiger partial charge >= 0.3 is 5.97 Å². The fourth-order valence-electron chi connectivity index (χ4n) is 3.30. The Balaban J connectivity index is 1.30. The quantitative estimate of drug-likeness (QED) is 0.395. The first-order valence-corrected chi connectivity index (χ1v) is 10.1. The summed E-state index contributed by atoms with van der Waals surface area (Å²) in [6.45, 7) is 0.433. The van der Waals surface area contributed by atoms with Crippen molar-refractivity contribution in [1.29, 1.82) is 0 Å². The van der Waals surface area contributed by atoms with E-state index in [9.17, 15) is 9.59 Å². The van der Waals surface area contributed by atoms with Gasteiger partial charge < -0.3 is 18.8 Å². The molecule has 0 aliphatic heterocycles. The van der Waals surface area contributed by atoms with Crippen LogP contribution < -0.4 is 4.74 Å². The lowest BCUT2D eigenvalue weighted by Crippen LogP contribution is -2.30. The molecule has 0 N–H and O–H groups in total. The molecular weight excluding hydrogens is 410 g/mol. The summed E-state index contributed by atoms with van der Waals surface area (Å²) >= 11 is 0. The molecule has 0 bridgehead atoms. The number of rotatable bonds is 8. The Hall–Kier alpha value is -4.07. The van der Waals surface area contributed by atoms with E-state index in [2.05, 4.69) is 5.10 Å². The molecular formula is C24H23N3O5. The number of aromatic nitrogens is 2. The number of hydrogen-bond donors (Lipinski definition) is 0. The van der Waals surface area contributed by atoms with Crippen LogP contribution in [-0.2, 0) is 22.6 Å². The van der Waals surface area contributed by atoms with E-state index in [0.717, 1.165) is 22.1 Å². The van der Waals surface area contributed by atoms with Gasteiger partial charge in [0.05, 0.1) is 13.7 Å². The van der Waals surface area contributed by atoms with Crippen molar-refractivity contribution in [3.63, 3.8) is 0 Å². The molecule has 0 fully saturated rings. The van der Waals surface area contributed by atoms with E-state index < -0.39 is 5.97 Å². The first-order valence-electron chi connectivity index (χ1n) is 10.1. The highest BCUT2D eigenvalue weighted by Crippen LogP contribution is 2.22. The second-order valence-corrected chi connectivity index (χ2v) is 7.34. The number of carbonyl (C=O) groups excluding carboxylic acids is 2. The zero-order chi connectivity index (χ0) is 22.5. The average Bonchev–Trinajstić information content (AvgIpc) is 3.49. The van der Waals surface area contributed by atoms with Crippen molar-refractivity contribution in [1.82, 2.24) is 14.7 Å². The Morgan fingerprint density at radius 2 is 1.91 bits per heavy atom. The molecule has 2 aromatic carbocycles. The van der Waals surface area contributed by atoms with Crippen molar-refractivity contribution >= 4 is 22.6 Å². The maximum Gasteiger partial charge on any atom is 0.374 e. The number of benzene rings is 2. The Kier molecular flexibility index (Phi) is 6.21. The van der Waals surface area contributed by atoms with Gasteiger partial charge in [-0.25, -0.2) is 4.79 Å². The van der Waals surface area contributed by atoms with Crippen LogP contribution in [0.5, 0.6) is 5.75 Å². The molecule has 0 radical (unpaired) electrons. The van der Waals surface area contributed by atoms with Crippen molar-refractivity contribution in [3.8, 4) is 5.75 Å². The fourth-order valence-corrected chi connectivity index (χ4v) is 3.30. The fraction of sp³-hybridized carbons (Fsp3) is 0.208. The predicted octanol–water partition coefficient (Wildman–Crippen LogP) is 3.50. The minimum atomic E-state index is -0.682. The Labute approximate surface area is 184 Å². The van der Waals surface area contributed by atoms with Crippen LogP contribution in [0.4, 0.5) is 0 Å². The number of nitrogens with zero attached hydrogens (tertiary/aromatic N) is 3. The van der Waals surface area contributed by atoms with E-state index in [1.54, 1.807) is 43.4 Å².